The van der Waals surface area contributed by atoms with Crippen LogP contribution >= 0.6 is 11.3 Å². The summed E-state index contributed by atoms with van der Waals surface area (Å²) < 4.78 is 0.640. The smallest absolute Gasteiger partial charge is 1.00 e. The van der Waals surface area contributed by atoms with Crippen LogP contribution in [0.5, 0.6) is 0 Å². The number of rotatable bonds is 1. The van der Waals surface area contributed by atoms with Crippen molar-refractivity contribution in [2.75, 3.05) is 0 Å². The summed E-state index contributed by atoms with van der Waals surface area (Å²) in [4.78, 5) is 3.14. The van der Waals surface area contributed by atoms with Gasteiger partial charge >= 0.3 is 143 Å². The van der Waals surface area contributed by atoms with E-state index in [1.165, 1.54) is 38.3 Å². The van der Waals surface area contributed by atoms with E-state index in [1.54, 1.807) is 45.9 Å². The molecule has 0 fully saturated rings. The number of fused-ring (bicyclic) bond motifs is 1. The maximum Gasteiger partial charge on any atom is -1.00 e. The second-order valence-corrected chi connectivity index (χ2v) is 19.0. The third-order valence-corrected chi connectivity index (χ3v) is 15.2. The van der Waals surface area contributed by atoms with Gasteiger partial charge in [0.15, 0.2) is 0 Å². The van der Waals surface area contributed by atoms with Gasteiger partial charge in [-0.25, -0.2) is 0 Å². The fraction of sp³-hybridized carbons (Fsp3) is 0.355. The van der Waals surface area contributed by atoms with Gasteiger partial charge in [0.05, 0.1) is 8.07 Å². The molecule has 2 bridgehead atoms. The van der Waals surface area contributed by atoms with Gasteiger partial charge in [-0.3, -0.25) is 0 Å². The van der Waals surface area contributed by atoms with Gasteiger partial charge in [-0.05, 0) is 30.7 Å². The second kappa shape index (κ2) is 10.5. The van der Waals surface area contributed by atoms with E-state index < -0.39 is 8.07 Å². The number of allylic oxidation sites excluding steroid dienone is 2. The molecule has 0 N–H and O–H groups in total. The molecule has 0 saturated carbocycles. The van der Waals surface area contributed by atoms with Crippen LogP contribution in [-0.2, 0) is 30.1 Å². The van der Waals surface area contributed by atoms with Crippen LogP contribution in [-0.4, -0.2) is 8.07 Å². The zero-order valence-electron chi connectivity index (χ0n) is 22.5. The Kier molecular flexibility index (Phi) is 8.67. The minimum absolute atomic E-state index is 0. The van der Waals surface area contributed by atoms with Crippen LogP contribution in [0.3, 0.4) is 0 Å². The van der Waals surface area contributed by atoms with Gasteiger partial charge in [0.2, 0.25) is 0 Å². The molecule has 1 aromatic heterocycles. The molecule has 2 aliphatic carbocycles. The van der Waals surface area contributed by atoms with Gasteiger partial charge in [0.25, 0.3) is 0 Å². The molecule has 3 heterocycles. The number of hydrogen-bond donors (Lipinski definition) is 0. The predicted molar refractivity (Wildman–Crippen MR) is 149 cm³/mol. The van der Waals surface area contributed by atoms with E-state index in [-0.39, 0.29) is 30.2 Å². The minimum atomic E-state index is -0.995. The Hall–Kier alpha value is -0.700. The van der Waals surface area contributed by atoms with Gasteiger partial charge in [0, 0.05) is 15.3 Å². The molecule has 2 aromatic carbocycles. The Labute approximate surface area is 250 Å². The summed E-state index contributed by atoms with van der Waals surface area (Å²) in [6, 6.07) is 18.3. The van der Waals surface area contributed by atoms with Gasteiger partial charge in [-0.1, -0.05) is 18.7 Å². The predicted octanol–water partition coefficient (Wildman–Crippen LogP) is 3.39. The fourth-order valence-electron chi connectivity index (χ4n) is 6.25. The van der Waals surface area contributed by atoms with Crippen LogP contribution in [0, 0.1) is 6.92 Å². The first-order chi connectivity index (χ1) is 15.9. The standard InChI is InChI=1S/C20H21.C11H14SSi.2ClH.Zr/c1-14-12-16-6-5-7-18(19(16)13-14)15-8-10-17(11-9-15)20(2,3)4;1-6-5-8-9(12-6)11-7(2)10(8)13(11,3)4;;;/h5-13H,1-4H3;5,10H,1-4H3;2*1H;/q;;;;+2/p-2. The van der Waals surface area contributed by atoms with Crippen molar-refractivity contribution >= 4 is 30.7 Å². The molecule has 5 heteroatoms. The molecule has 2 unspecified atom stereocenters. The van der Waals surface area contributed by atoms with Crippen molar-refractivity contribution in [2.24, 2.45) is 0 Å². The Morgan fingerprint density at radius 3 is 2.08 bits per heavy atom. The van der Waals surface area contributed by atoms with Crippen molar-refractivity contribution in [3.05, 3.63) is 91.7 Å². The third-order valence-electron chi connectivity index (χ3n) is 7.96. The van der Waals surface area contributed by atoms with Crippen LogP contribution in [0.25, 0.3) is 22.4 Å². The Morgan fingerprint density at radius 1 is 0.889 bits per heavy atom. The van der Waals surface area contributed by atoms with E-state index >= 15 is 0 Å². The van der Waals surface area contributed by atoms with Gasteiger partial charge in [-0.15, -0.1) is 11.3 Å². The first kappa shape index (κ1) is 29.9. The number of thiophene rings is 1. The zero-order chi connectivity index (χ0) is 24.6. The second-order valence-electron chi connectivity index (χ2n) is 11.8. The maximum atomic E-state index is 2.52. The van der Waals surface area contributed by atoms with Crippen LogP contribution in [0.4, 0.5) is 0 Å². The summed E-state index contributed by atoms with van der Waals surface area (Å²) in [5, 5.41) is 1.78. The van der Waals surface area contributed by atoms with Crippen LogP contribution in [0.2, 0.25) is 13.1 Å². The summed E-state index contributed by atoms with van der Waals surface area (Å²) in [7, 11) is -0.995. The molecule has 0 spiro atoms. The van der Waals surface area contributed by atoms with E-state index in [9.17, 15) is 0 Å². The summed E-state index contributed by atoms with van der Waals surface area (Å²) in [5.74, 6) is 0. The topological polar surface area (TPSA) is 0 Å². The average molecular weight is 630 g/mol. The average Bonchev–Trinajstić information content (AvgIpc) is 3.41. The normalized spacial score (nSPS) is 20.2. The number of aryl methyl sites for hydroxylation is 1. The molecule has 4 aliphatic rings. The van der Waals surface area contributed by atoms with Gasteiger partial charge < -0.3 is 24.8 Å². The summed E-state index contributed by atoms with van der Waals surface area (Å²) in [6.07, 6.45) is 2.38. The Bertz CT molecular complexity index is 1360. The van der Waals surface area contributed by atoms with Crippen molar-refractivity contribution < 1.29 is 49.5 Å². The van der Waals surface area contributed by atoms with Crippen LogP contribution in [0.15, 0.2) is 59.7 Å². The van der Waals surface area contributed by atoms with E-state index in [1.807, 2.05) is 11.3 Å². The van der Waals surface area contributed by atoms with Crippen molar-refractivity contribution in [1.29, 1.82) is 0 Å². The van der Waals surface area contributed by atoms with E-state index in [0.29, 0.717) is 3.63 Å². The monoisotopic (exact) mass is 627 g/mol. The van der Waals surface area contributed by atoms with Crippen molar-refractivity contribution in [1.82, 2.24) is 0 Å². The zero-order valence-corrected chi connectivity index (χ0v) is 28.3. The SMILES string of the molecule is CC1=C2c3sc(C)cc3C1[Si]2(C)C.CC1=Cc2c(-c3ccc(C(C)(C)C)cc3)cccc2[CH]1[Zr+2].[Cl-].[Cl-]. The van der Waals surface area contributed by atoms with Crippen molar-refractivity contribution in [3.63, 3.8) is 0 Å². The molecule has 0 radical (unpaired) electrons. The maximum absolute atomic E-state index is 2.52. The summed E-state index contributed by atoms with van der Waals surface area (Å²) in [5.41, 5.74) is 13.0. The fourth-order valence-corrected chi connectivity index (χ4v) is 13.4. The van der Waals surface area contributed by atoms with Crippen LogP contribution in [0.1, 0.15) is 75.8 Å². The molecule has 36 heavy (non-hydrogen) atoms. The molecule has 3 aromatic rings. The molecular weight excluding hydrogens is 595 g/mol. The minimum Gasteiger partial charge on any atom is -1.00 e. The molecular formula is C31H35Cl2SSiZr. The van der Waals surface area contributed by atoms with Gasteiger partial charge in [-0.2, -0.15) is 0 Å². The number of hydrogen-bond acceptors (Lipinski definition) is 1. The molecule has 0 saturated heterocycles. The van der Waals surface area contributed by atoms with Crippen molar-refractivity contribution in [3.8, 4) is 11.1 Å². The van der Waals surface area contributed by atoms with Crippen molar-refractivity contribution in [2.45, 2.75) is 69.2 Å². The molecule has 0 nitrogen and oxygen atoms in total. The third kappa shape index (κ3) is 4.77. The summed E-state index contributed by atoms with van der Waals surface area (Å²) >= 11 is 3.59. The van der Waals surface area contributed by atoms with E-state index in [2.05, 4.69) is 109 Å². The quantitative estimate of drug-likeness (QED) is 0.363. The summed E-state index contributed by atoms with van der Waals surface area (Å²) in [6.45, 7) is 18.6. The number of halogens is 2. The first-order valence-electron chi connectivity index (χ1n) is 12.4. The largest absolute Gasteiger partial charge is 1.00 e. The van der Waals surface area contributed by atoms with E-state index in [0.717, 1.165) is 5.54 Å². The molecule has 2 atom stereocenters. The van der Waals surface area contributed by atoms with E-state index in [4.69, 9.17) is 0 Å². The molecule has 2 aliphatic heterocycles. The molecule has 187 valence electrons. The number of benzene rings is 2. The molecule has 0 amide bonds. The first-order valence-corrected chi connectivity index (χ1v) is 17.7. The van der Waals surface area contributed by atoms with Crippen LogP contribution < -0.4 is 24.8 Å². The van der Waals surface area contributed by atoms with Gasteiger partial charge in [0.1, 0.15) is 0 Å². The molecule has 7 rings (SSSR count). The Morgan fingerprint density at radius 2 is 1.53 bits per heavy atom. The Balaban J connectivity index is 0.000000208.